The van der Waals surface area contributed by atoms with Crippen LogP contribution in [0.5, 0.6) is 0 Å². The molecule has 2 rings (SSSR count). The van der Waals surface area contributed by atoms with E-state index >= 15 is 0 Å². The first kappa shape index (κ1) is 50.6. The van der Waals surface area contributed by atoms with Gasteiger partial charge in [-0.15, -0.1) is 0 Å². The second kappa shape index (κ2) is 31.4. The maximum absolute atomic E-state index is 12.9. The van der Waals surface area contributed by atoms with E-state index in [2.05, 4.69) is 38.2 Å². The van der Waals surface area contributed by atoms with Crippen molar-refractivity contribution < 1.29 is 69.0 Å². The van der Waals surface area contributed by atoms with E-state index in [0.29, 0.717) is 13.0 Å². The Hall–Kier alpha value is -1.53. The smallest absolute Gasteiger partial charge is 0.306 e. The lowest BCUT2D eigenvalue weighted by molar-refractivity contribution is -0.332. The normalized spacial score (nSPS) is 29.0. The van der Waals surface area contributed by atoms with Gasteiger partial charge in [-0.3, -0.25) is 4.79 Å². The van der Waals surface area contributed by atoms with Gasteiger partial charge in [0.15, 0.2) is 12.6 Å². The fourth-order valence-corrected chi connectivity index (χ4v) is 6.61. The average Bonchev–Trinajstić information content (AvgIpc) is 3.19. The highest BCUT2D eigenvalue weighted by molar-refractivity contribution is 5.69. The molecule has 0 aliphatic carbocycles. The van der Waals surface area contributed by atoms with E-state index in [4.69, 9.17) is 28.4 Å². The molecule has 2 fully saturated rings. The Morgan fingerprint density at radius 3 is 1.73 bits per heavy atom. The lowest BCUT2D eigenvalue weighted by atomic mass is 9.98. The molecule has 11 atom stereocenters. The van der Waals surface area contributed by atoms with Gasteiger partial charge < -0.3 is 64.2 Å². The summed E-state index contributed by atoms with van der Waals surface area (Å²) in [6, 6.07) is 0. The van der Waals surface area contributed by atoms with E-state index in [-0.39, 0.29) is 19.6 Å². The van der Waals surface area contributed by atoms with Crippen LogP contribution in [-0.2, 0) is 33.2 Å². The molecule has 0 amide bonds. The number of allylic oxidation sites excluding steroid dienone is 4. The van der Waals surface area contributed by atoms with Crippen molar-refractivity contribution in [3.63, 3.8) is 0 Å². The second-order valence-electron chi connectivity index (χ2n) is 15.2. The highest BCUT2D eigenvalue weighted by atomic mass is 16.7. The van der Waals surface area contributed by atoms with E-state index in [1.807, 2.05) is 0 Å². The van der Waals surface area contributed by atoms with Gasteiger partial charge in [-0.2, -0.15) is 0 Å². The van der Waals surface area contributed by atoms with Crippen molar-refractivity contribution in [2.75, 3.05) is 33.0 Å². The molecule has 0 spiro atoms. The molecular weight excluding hydrogens is 728 g/mol. The van der Waals surface area contributed by atoms with Crippen LogP contribution >= 0.6 is 0 Å². The van der Waals surface area contributed by atoms with Crippen LogP contribution in [0.15, 0.2) is 24.3 Å². The molecule has 0 radical (unpaired) electrons. The SMILES string of the molecule is CCCCCC/C=C\C/C=C\CCCCCCCC(=O)OC(COCCCCCCCC)COC1OC(COC2OC(CO)C(O)C(O)C2O)C(O)C(O)C1O. The Kier molecular flexibility index (Phi) is 28.4. The Labute approximate surface area is 335 Å². The maximum atomic E-state index is 12.9. The van der Waals surface area contributed by atoms with Crippen molar-refractivity contribution in [2.24, 2.45) is 0 Å². The molecule has 2 aliphatic rings. The highest BCUT2D eigenvalue weighted by Crippen LogP contribution is 2.26. The Morgan fingerprint density at radius 2 is 1.11 bits per heavy atom. The van der Waals surface area contributed by atoms with E-state index in [9.17, 15) is 40.5 Å². The van der Waals surface area contributed by atoms with Crippen LogP contribution in [-0.4, -0.2) is 142 Å². The predicted octanol–water partition coefficient (Wildman–Crippen LogP) is 4.12. The zero-order valence-electron chi connectivity index (χ0n) is 34.1. The largest absolute Gasteiger partial charge is 0.457 e. The Bertz CT molecular complexity index is 1030. The fraction of sp³-hybridized carbons (Fsp3) is 0.881. The first-order chi connectivity index (χ1) is 27.1. The Morgan fingerprint density at radius 1 is 0.589 bits per heavy atom. The summed E-state index contributed by atoms with van der Waals surface area (Å²) in [6.45, 7) is 3.57. The number of rotatable bonds is 32. The van der Waals surface area contributed by atoms with E-state index in [1.54, 1.807) is 0 Å². The quantitative estimate of drug-likeness (QED) is 0.0290. The molecule has 328 valence electrons. The van der Waals surface area contributed by atoms with Gasteiger partial charge in [0.1, 0.15) is 54.9 Å². The van der Waals surface area contributed by atoms with Crippen LogP contribution in [0.3, 0.4) is 0 Å². The van der Waals surface area contributed by atoms with Crippen molar-refractivity contribution in [1.82, 2.24) is 0 Å². The number of hydrogen-bond acceptors (Lipinski definition) is 14. The van der Waals surface area contributed by atoms with Crippen LogP contribution < -0.4 is 0 Å². The van der Waals surface area contributed by atoms with Gasteiger partial charge >= 0.3 is 5.97 Å². The summed E-state index contributed by atoms with van der Waals surface area (Å²) in [5.74, 6) is -0.394. The monoisotopic (exact) mass is 805 g/mol. The minimum absolute atomic E-state index is 0.0562. The zero-order valence-corrected chi connectivity index (χ0v) is 34.1. The van der Waals surface area contributed by atoms with Crippen LogP contribution in [0.4, 0.5) is 0 Å². The summed E-state index contributed by atoms with van der Waals surface area (Å²) < 4.78 is 33.9. The summed E-state index contributed by atoms with van der Waals surface area (Å²) >= 11 is 0. The van der Waals surface area contributed by atoms with E-state index in [1.165, 1.54) is 44.9 Å². The van der Waals surface area contributed by atoms with Gasteiger partial charge in [0.05, 0.1) is 26.4 Å². The summed E-state index contributed by atoms with van der Waals surface area (Å²) in [4.78, 5) is 12.9. The minimum atomic E-state index is -1.70. The number of carbonyl (C=O) groups excluding carboxylic acids is 1. The molecule has 56 heavy (non-hydrogen) atoms. The summed E-state index contributed by atoms with van der Waals surface area (Å²) in [6.07, 6.45) is 12.8. The van der Waals surface area contributed by atoms with Crippen molar-refractivity contribution in [3.05, 3.63) is 24.3 Å². The van der Waals surface area contributed by atoms with Gasteiger partial charge in [-0.25, -0.2) is 0 Å². The number of carbonyl (C=O) groups is 1. The van der Waals surface area contributed by atoms with Gasteiger partial charge in [0, 0.05) is 13.0 Å². The third-order valence-electron chi connectivity index (χ3n) is 10.2. The molecule has 14 heteroatoms. The first-order valence-electron chi connectivity index (χ1n) is 21.4. The summed E-state index contributed by atoms with van der Waals surface area (Å²) in [5.41, 5.74) is 0. The van der Waals surface area contributed by atoms with Crippen LogP contribution in [0, 0.1) is 0 Å². The fourth-order valence-electron chi connectivity index (χ4n) is 6.61. The molecule has 2 aliphatic heterocycles. The maximum Gasteiger partial charge on any atom is 0.306 e. The van der Waals surface area contributed by atoms with Gasteiger partial charge in [0.25, 0.3) is 0 Å². The van der Waals surface area contributed by atoms with Crippen LogP contribution in [0.25, 0.3) is 0 Å². The topological polar surface area (TPSA) is 214 Å². The third-order valence-corrected chi connectivity index (χ3v) is 10.2. The van der Waals surface area contributed by atoms with Crippen molar-refractivity contribution in [2.45, 2.75) is 203 Å². The van der Waals surface area contributed by atoms with E-state index < -0.39 is 86.7 Å². The number of aliphatic hydroxyl groups excluding tert-OH is 7. The summed E-state index contributed by atoms with van der Waals surface area (Å²) in [5, 5.41) is 71.6. The number of hydrogen-bond donors (Lipinski definition) is 7. The number of aliphatic hydroxyl groups is 7. The molecule has 0 bridgehead atoms. The molecule has 7 N–H and O–H groups in total. The second-order valence-corrected chi connectivity index (χ2v) is 15.2. The third kappa shape index (κ3) is 20.4. The molecule has 2 heterocycles. The number of esters is 1. The first-order valence-corrected chi connectivity index (χ1v) is 21.4. The molecular formula is C42H76O14. The van der Waals surface area contributed by atoms with Crippen molar-refractivity contribution >= 4 is 5.97 Å². The highest BCUT2D eigenvalue weighted by Gasteiger charge is 2.47. The van der Waals surface area contributed by atoms with Gasteiger partial charge in [-0.05, 0) is 44.9 Å². The van der Waals surface area contributed by atoms with Gasteiger partial charge in [-0.1, -0.05) is 109 Å². The molecule has 14 nitrogen and oxygen atoms in total. The predicted molar refractivity (Wildman–Crippen MR) is 210 cm³/mol. The van der Waals surface area contributed by atoms with Crippen molar-refractivity contribution in [3.8, 4) is 0 Å². The molecule has 2 saturated heterocycles. The number of ether oxygens (including phenoxy) is 6. The lowest BCUT2D eigenvalue weighted by Gasteiger charge is -2.42. The van der Waals surface area contributed by atoms with Gasteiger partial charge in [0.2, 0.25) is 0 Å². The van der Waals surface area contributed by atoms with Crippen LogP contribution in [0.1, 0.15) is 136 Å². The molecule has 0 aromatic carbocycles. The van der Waals surface area contributed by atoms with Crippen LogP contribution in [0.2, 0.25) is 0 Å². The van der Waals surface area contributed by atoms with E-state index in [0.717, 1.165) is 64.2 Å². The molecule has 0 aromatic heterocycles. The molecule has 11 unspecified atom stereocenters. The molecule has 0 aromatic rings. The number of unbranched alkanes of at least 4 members (excludes halogenated alkanes) is 14. The minimum Gasteiger partial charge on any atom is -0.457 e. The standard InChI is InChI=1S/C42H76O14/c1-3-5-7-9-11-12-13-14-15-16-17-18-19-20-21-23-25-34(44)54-31(28-51-26-24-22-10-8-6-4-2)29-52-41-40(50)38(48)36(46)33(56-41)30-53-42-39(49)37(47)35(45)32(27-43)55-42/h12-13,15-16,31-33,35-43,45-50H,3-11,14,17-30H2,1-2H3/b13-12-,16-15-. The molecule has 0 saturated carbocycles. The average molecular weight is 805 g/mol. The Balaban J connectivity index is 1.80. The summed E-state index contributed by atoms with van der Waals surface area (Å²) in [7, 11) is 0. The lowest BCUT2D eigenvalue weighted by Crippen LogP contribution is -2.61. The van der Waals surface area contributed by atoms with Crippen molar-refractivity contribution in [1.29, 1.82) is 0 Å². The zero-order chi connectivity index (χ0) is 41.0.